The lowest BCUT2D eigenvalue weighted by molar-refractivity contribution is -0.167. The van der Waals surface area contributed by atoms with Crippen molar-refractivity contribution in [3.63, 3.8) is 0 Å². The molecule has 0 radical (unpaired) electrons. The van der Waals surface area contributed by atoms with Crippen molar-refractivity contribution in [2.75, 3.05) is 13.2 Å². The average molecular weight is 986 g/mol. The van der Waals surface area contributed by atoms with Gasteiger partial charge >= 0.3 is 17.9 Å². The van der Waals surface area contributed by atoms with E-state index in [9.17, 15) is 14.4 Å². The summed E-state index contributed by atoms with van der Waals surface area (Å²) in [6.45, 7) is 6.45. The van der Waals surface area contributed by atoms with Gasteiger partial charge in [0.25, 0.3) is 0 Å². The summed E-state index contributed by atoms with van der Waals surface area (Å²) in [4.78, 5) is 37.8. The van der Waals surface area contributed by atoms with E-state index >= 15 is 0 Å². The molecule has 404 valence electrons. The Morgan fingerprint density at radius 1 is 0.296 bits per heavy atom. The molecule has 0 aliphatic heterocycles. The van der Waals surface area contributed by atoms with Gasteiger partial charge in [-0.25, -0.2) is 0 Å². The monoisotopic (exact) mass is 985 g/mol. The highest BCUT2D eigenvalue weighted by molar-refractivity contribution is 5.71. The number of hydrogen-bond acceptors (Lipinski definition) is 6. The normalized spacial score (nSPS) is 12.9. The highest BCUT2D eigenvalue weighted by atomic mass is 16.6. The van der Waals surface area contributed by atoms with Crippen LogP contribution in [-0.2, 0) is 28.6 Å². The van der Waals surface area contributed by atoms with E-state index < -0.39 is 6.10 Å². The van der Waals surface area contributed by atoms with Gasteiger partial charge in [0.15, 0.2) is 6.10 Å². The molecule has 0 bridgehead atoms. The molecule has 0 aromatic carbocycles. The molecule has 0 amide bonds. The Balaban J connectivity index is 4.14. The van der Waals surface area contributed by atoms with Gasteiger partial charge in [0.05, 0.1) is 0 Å². The molecule has 0 saturated heterocycles. The Bertz CT molecular complexity index is 1460. The number of ether oxygens (including phenoxy) is 3. The zero-order chi connectivity index (χ0) is 51.4. The lowest BCUT2D eigenvalue weighted by Crippen LogP contribution is -2.30. The summed E-state index contributed by atoms with van der Waals surface area (Å²) in [6, 6.07) is 0. The maximum atomic E-state index is 12.8. The summed E-state index contributed by atoms with van der Waals surface area (Å²) in [6.07, 6.45) is 79.7. The lowest BCUT2D eigenvalue weighted by atomic mass is 10.0. The van der Waals surface area contributed by atoms with Crippen LogP contribution in [0, 0.1) is 0 Å². The van der Waals surface area contributed by atoms with Gasteiger partial charge in [-0.1, -0.05) is 265 Å². The molecule has 1 unspecified atom stereocenters. The first kappa shape index (κ1) is 67.1. The van der Waals surface area contributed by atoms with E-state index in [1.807, 2.05) is 0 Å². The van der Waals surface area contributed by atoms with Crippen molar-refractivity contribution >= 4 is 17.9 Å². The van der Waals surface area contributed by atoms with Gasteiger partial charge in [-0.15, -0.1) is 0 Å². The van der Waals surface area contributed by atoms with Crippen molar-refractivity contribution in [1.29, 1.82) is 0 Å². The molecule has 0 N–H and O–H groups in total. The third-order valence-electron chi connectivity index (χ3n) is 12.3. The third kappa shape index (κ3) is 56.9. The number of carbonyl (C=O) groups excluding carboxylic acids is 3. The van der Waals surface area contributed by atoms with E-state index in [1.165, 1.54) is 89.9 Å². The Morgan fingerprint density at radius 2 is 0.549 bits per heavy atom. The van der Waals surface area contributed by atoms with Gasteiger partial charge < -0.3 is 14.2 Å². The van der Waals surface area contributed by atoms with Gasteiger partial charge in [0, 0.05) is 19.3 Å². The number of rotatable bonds is 52. The van der Waals surface area contributed by atoms with Crippen LogP contribution in [0.5, 0.6) is 0 Å². The fourth-order valence-electron chi connectivity index (χ4n) is 7.91. The summed E-state index contributed by atoms with van der Waals surface area (Å²) < 4.78 is 16.7. The first-order valence-corrected chi connectivity index (χ1v) is 29.4. The minimum atomic E-state index is -0.781. The first-order valence-electron chi connectivity index (χ1n) is 29.4. The first-order chi connectivity index (χ1) is 35.0. The Kier molecular flexibility index (Phi) is 55.4. The largest absolute Gasteiger partial charge is 0.462 e. The molecule has 6 nitrogen and oxygen atoms in total. The van der Waals surface area contributed by atoms with Gasteiger partial charge in [-0.05, 0) is 89.9 Å². The average Bonchev–Trinajstić information content (AvgIpc) is 3.37. The van der Waals surface area contributed by atoms with Crippen LogP contribution in [0.15, 0.2) is 109 Å². The number of hydrogen-bond donors (Lipinski definition) is 0. The molecule has 0 aromatic rings. The molecule has 0 heterocycles. The van der Waals surface area contributed by atoms with Gasteiger partial charge in [-0.3, -0.25) is 14.4 Å². The van der Waals surface area contributed by atoms with Crippen LogP contribution in [0.1, 0.15) is 265 Å². The van der Waals surface area contributed by atoms with Crippen molar-refractivity contribution in [1.82, 2.24) is 0 Å². The minimum absolute atomic E-state index is 0.0825. The molecular weight excluding hydrogens is 877 g/mol. The molecule has 6 heteroatoms. The van der Waals surface area contributed by atoms with Crippen molar-refractivity contribution < 1.29 is 28.6 Å². The maximum Gasteiger partial charge on any atom is 0.306 e. The van der Waals surface area contributed by atoms with Crippen molar-refractivity contribution in [2.45, 2.75) is 271 Å². The van der Waals surface area contributed by atoms with E-state index in [4.69, 9.17) is 14.2 Å². The molecule has 0 aliphatic rings. The molecule has 71 heavy (non-hydrogen) atoms. The summed E-state index contributed by atoms with van der Waals surface area (Å²) in [7, 11) is 0. The van der Waals surface area contributed by atoms with Gasteiger partial charge in [-0.2, -0.15) is 0 Å². The van der Waals surface area contributed by atoms with E-state index in [0.717, 1.165) is 135 Å². The predicted octanol–water partition coefficient (Wildman–Crippen LogP) is 19.9. The van der Waals surface area contributed by atoms with Crippen molar-refractivity contribution in [3.8, 4) is 0 Å². The van der Waals surface area contributed by atoms with Crippen LogP contribution in [0.3, 0.4) is 0 Å². The smallest absolute Gasteiger partial charge is 0.306 e. The zero-order valence-electron chi connectivity index (χ0n) is 46.2. The highest BCUT2D eigenvalue weighted by Gasteiger charge is 2.19. The quantitative estimate of drug-likeness (QED) is 0.0261. The minimum Gasteiger partial charge on any atom is -0.462 e. The van der Waals surface area contributed by atoms with E-state index in [2.05, 4.69) is 130 Å². The second kappa shape index (κ2) is 58.6. The topological polar surface area (TPSA) is 78.9 Å². The molecule has 0 fully saturated rings. The van der Waals surface area contributed by atoms with E-state index in [1.54, 1.807) is 0 Å². The van der Waals surface area contributed by atoms with Crippen LogP contribution in [0.25, 0.3) is 0 Å². The third-order valence-corrected chi connectivity index (χ3v) is 12.3. The fourth-order valence-corrected chi connectivity index (χ4v) is 7.91. The second-order valence-electron chi connectivity index (χ2n) is 19.2. The van der Waals surface area contributed by atoms with Crippen LogP contribution in [0.4, 0.5) is 0 Å². The number of esters is 3. The molecule has 0 spiro atoms. The van der Waals surface area contributed by atoms with Crippen molar-refractivity contribution in [3.05, 3.63) is 109 Å². The predicted molar refractivity (Wildman–Crippen MR) is 307 cm³/mol. The van der Waals surface area contributed by atoms with E-state index in [0.29, 0.717) is 19.3 Å². The molecule has 1 atom stereocenters. The SMILES string of the molecule is CC/C=C\C/C=C\C/C=C\C/C=C\C/C=C\C/C=C\C/C=C\C/C=C\C/C=C\CCCCCCCC(=O)OCC(COC(=O)CCCCCCCC)OC(=O)CCCCCCCCCCCCCCCC. The summed E-state index contributed by atoms with van der Waals surface area (Å²) in [5.41, 5.74) is 0. The molecular formula is C65H108O6. The van der Waals surface area contributed by atoms with Gasteiger partial charge in [0.1, 0.15) is 13.2 Å². The zero-order valence-corrected chi connectivity index (χ0v) is 46.2. The van der Waals surface area contributed by atoms with E-state index in [-0.39, 0.29) is 31.1 Å². The fraction of sp³-hybridized carbons (Fsp3) is 0.677. The standard InChI is InChI=1S/C65H108O6/c1-4-7-10-13-16-18-20-22-24-25-26-27-28-29-30-31-32-33-34-35-36-37-38-39-40-41-42-44-45-47-49-52-55-58-64(67)70-61-62(60-69-63(66)57-54-51-15-12-9-6-3)71-65(68)59-56-53-50-48-46-43-23-21-19-17-14-11-8-5-2/h7,10,16,18,22,24,26-27,29-30,32-33,35-36,38-39,41-42,62H,4-6,8-9,11-15,17,19-21,23,25,28,31,34,37,40,43-61H2,1-3H3/b10-7-,18-16-,24-22-,27-26-,30-29-,33-32-,36-35-,39-38-,42-41-. The Labute approximate surface area is 438 Å². The molecule has 0 saturated carbocycles. The number of allylic oxidation sites excluding steroid dienone is 18. The molecule has 0 aliphatic carbocycles. The van der Waals surface area contributed by atoms with Crippen LogP contribution in [-0.4, -0.2) is 37.2 Å². The summed E-state index contributed by atoms with van der Waals surface area (Å²) in [5, 5.41) is 0. The number of carbonyl (C=O) groups is 3. The Morgan fingerprint density at radius 3 is 0.859 bits per heavy atom. The van der Waals surface area contributed by atoms with Crippen molar-refractivity contribution in [2.24, 2.45) is 0 Å². The van der Waals surface area contributed by atoms with Crippen LogP contribution in [0.2, 0.25) is 0 Å². The Hall–Kier alpha value is -3.93. The van der Waals surface area contributed by atoms with Gasteiger partial charge in [0.2, 0.25) is 0 Å². The van der Waals surface area contributed by atoms with Crippen LogP contribution >= 0.6 is 0 Å². The molecule has 0 aromatic heterocycles. The second-order valence-corrected chi connectivity index (χ2v) is 19.2. The number of unbranched alkanes of at least 4 members (excludes halogenated alkanes) is 23. The lowest BCUT2D eigenvalue weighted by Gasteiger charge is -2.18. The summed E-state index contributed by atoms with van der Waals surface area (Å²) >= 11 is 0. The highest BCUT2D eigenvalue weighted by Crippen LogP contribution is 2.15. The molecule has 0 rings (SSSR count). The van der Waals surface area contributed by atoms with Crippen LogP contribution < -0.4 is 0 Å². The maximum absolute atomic E-state index is 12.8. The summed E-state index contributed by atoms with van der Waals surface area (Å²) in [5.74, 6) is -0.910.